The normalized spacial score (nSPS) is 9.56. The van der Waals surface area contributed by atoms with Crippen molar-refractivity contribution in [2.24, 2.45) is 0 Å². The molecule has 4 heteroatoms. The van der Waals surface area contributed by atoms with Gasteiger partial charge in [-0.3, -0.25) is 4.79 Å². The number of nitriles is 1. The Balaban J connectivity index is 2.35. The van der Waals surface area contributed by atoms with E-state index < -0.39 is 0 Å². The minimum Gasteiger partial charge on any atom is -0.455 e. The third-order valence-corrected chi connectivity index (χ3v) is 2.94. The van der Waals surface area contributed by atoms with Gasteiger partial charge in [0, 0.05) is 5.56 Å². The predicted molar refractivity (Wildman–Crippen MR) is 70.8 cm³/mol. The van der Waals surface area contributed by atoms with Crippen LogP contribution in [-0.4, -0.2) is 6.29 Å². The number of hydrogen-bond donors (Lipinski definition) is 0. The summed E-state index contributed by atoms with van der Waals surface area (Å²) in [6.07, 6.45) is 0.762. The molecule has 0 saturated heterocycles. The van der Waals surface area contributed by atoms with Crippen molar-refractivity contribution in [2.75, 3.05) is 0 Å². The Hall–Kier alpha value is -2.12. The monoisotopic (exact) mass is 301 g/mol. The van der Waals surface area contributed by atoms with Crippen LogP contribution in [0.2, 0.25) is 0 Å². The third-order valence-electron chi connectivity index (χ3n) is 2.32. The summed E-state index contributed by atoms with van der Waals surface area (Å²) >= 11 is 3.33. The zero-order valence-electron chi connectivity index (χ0n) is 9.26. The van der Waals surface area contributed by atoms with Crippen molar-refractivity contribution in [3.63, 3.8) is 0 Å². The smallest absolute Gasteiger partial charge is 0.150 e. The van der Waals surface area contributed by atoms with E-state index in [0.29, 0.717) is 27.1 Å². The number of hydrogen-bond acceptors (Lipinski definition) is 3. The Morgan fingerprint density at radius 3 is 2.61 bits per heavy atom. The van der Waals surface area contributed by atoms with Gasteiger partial charge in [0.1, 0.15) is 23.9 Å². The van der Waals surface area contributed by atoms with Crippen LogP contribution in [0.4, 0.5) is 0 Å². The molecule has 2 rings (SSSR count). The summed E-state index contributed by atoms with van der Waals surface area (Å²) < 4.78 is 6.31. The molecule has 0 radical (unpaired) electrons. The van der Waals surface area contributed by atoms with E-state index in [4.69, 9.17) is 10.00 Å². The summed E-state index contributed by atoms with van der Waals surface area (Å²) in [5, 5.41) is 8.96. The molecule has 2 aromatic carbocycles. The second kappa shape index (κ2) is 5.48. The van der Waals surface area contributed by atoms with Crippen LogP contribution in [0.15, 0.2) is 46.9 Å². The molecule has 88 valence electrons. The van der Waals surface area contributed by atoms with Crippen molar-refractivity contribution in [1.29, 1.82) is 5.26 Å². The number of carbonyl (C=O) groups is 1. The quantitative estimate of drug-likeness (QED) is 0.807. The van der Waals surface area contributed by atoms with E-state index in [1.54, 1.807) is 42.5 Å². The number of nitrogens with zero attached hydrogens (tertiary/aromatic N) is 1. The maximum atomic E-state index is 10.6. The molecule has 2 aromatic rings. The van der Waals surface area contributed by atoms with Crippen LogP contribution in [0.5, 0.6) is 11.5 Å². The van der Waals surface area contributed by atoms with Gasteiger partial charge in [-0.25, -0.2) is 0 Å². The van der Waals surface area contributed by atoms with Crippen molar-refractivity contribution >= 4 is 22.2 Å². The van der Waals surface area contributed by atoms with Gasteiger partial charge in [-0.05, 0) is 46.3 Å². The number of carbonyl (C=O) groups excluding carboxylic acids is 1. The van der Waals surface area contributed by atoms with E-state index in [0.717, 1.165) is 6.29 Å². The fourth-order valence-electron chi connectivity index (χ4n) is 1.44. The first-order chi connectivity index (χ1) is 8.74. The van der Waals surface area contributed by atoms with Gasteiger partial charge in [0.05, 0.1) is 10.0 Å². The lowest BCUT2D eigenvalue weighted by atomic mass is 10.2. The van der Waals surface area contributed by atoms with Gasteiger partial charge in [0.2, 0.25) is 0 Å². The zero-order chi connectivity index (χ0) is 13.0. The lowest BCUT2D eigenvalue weighted by molar-refractivity contribution is 0.112. The van der Waals surface area contributed by atoms with Gasteiger partial charge in [-0.15, -0.1) is 0 Å². The van der Waals surface area contributed by atoms with Crippen LogP contribution >= 0.6 is 15.9 Å². The topological polar surface area (TPSA) is 50.1 Å². The molecular weight excluding hydrogens is 294 g/mol. The van der Waals surface area contributed by atoms with Gasteiger partial charge in [0.15, 0.2) is 0 Å². The maximum Gasteiger partial charge on any atom is 0.150 e. The first kappa shape index (κ1) is 12.3. The maximum absolute atomic E-state index is 10.6. The molecule has 0 fully saturated rings. The molecule has 0 aliphatic rings. The van der Waals surface area contributed by atoms with Crippen molar-refractivity contribution < 1.29 is 9.53 Å². The van der Waals surface area contributed by atoms with E-state index >= 15 is 0 Å². The summed E-state index contributed by atoms with van der Waals surface area (Å²) in [6.45, 7) is 0. The highest BCUT2D eigenvalue weighted by atomic mass is 79.9. The predicted octanol–water partition coefficient (Wildman–Crippen LogP) is 3.93. The molecule has 0 bridgehead atoms. The summed E-state index contributed by atoms with van der Waals surface area (Å²) in [4.78, 5) is 10.6. The molecule has 0 amide bonds. The van der Waals surface area contributed by atoms with Gasteiger partial charge in [0.25, 0.3) is 0 Å². The van der Waals surface area contributed by atoms with Gasteiger partial charge in [-0.1, -0.05) is 12.1 Å². The second-order valence-corrected chi connectivity index (χ2v) is 4.37. The SMILES string of the molecule is N#Cc1ccccc1Oc1ccc(C=O)cc1Br. The molecule has 0 saturated carbocycles. The van der Waals surface area contributed by atoms with Crippen molar-refractivity contribution in [1.82, 2.24) is 0 Å². The highest BCUT2D eigenvalue weighted by Gasteiger charge is 2.07. The molecule has 0 heterocycles. The molecule has 0 spiro atoms. The Morgan fingerprint density at radius 1 is 1.17 bits per heavy atom. The molecule has 0 atom stereocenters. The second-order valence-electron chi connectivity index (χ2n) is 3.52. The van der Waals surface area contributed by atoms with Crippen LogP contribution in [0.3, 0.4) is 0 Å². The van der Waals surface area contributed by atoms with Crippen LogP contribution in [-0.2, 0) is 0 Å². The van der Waals surface area contributed by atoms with Gasteiger partial charge in [-0.2, -0.15) is 5.26 Å². The minimum absolute atomic E-state index is 0.462. The Bertz CT molecular complexity index is 632. The summed E-state index contributed by atoms with van der Waals surface area (Å²) in [5.74, 6) is 1.04. The summed E-state index contributed by atoms with van der Waals surface area (Å²) in [7, 11) is 0. The van der Waals surface area contributed by atoms with Crippen LogP contribution in [0.1, 0.15) is 15.9 Å². The summed E-state index contributed by atoms with van der Waals surface area (Å²) in [6, 6.07) is 14.0. The minimum atomic E-state index is 0.462. The van der Waals surface area contributed by atoms with Gasteiger partial charge < -0.3 is 4.74 Å². The average Bonchev–Trinajstić information content (AvgIpc) is 2.41. The standard InChI is InChI=1S/C14H8BrNO2/c15-12-7-10(9-17)5-6-14(12)18-13-4-2-1-3-11(13)8-16/h1-7,9H. The first-order valence-corrected chi connectivity index (χ1v) is 5.95. The number of aldehydes is 1. The van der Waals surface area contributed by atoms with Crippen molar-refractivity contribution in [3.05, 3.63) is 58.1 Å². The highest BCUT2D eigenvalue weighted by Crippen LogP contribution is 2.31. The lowest BCUT2D eigenvalue weighted by Gasteiger charge is -2.09. The molecular formula is C14H8BrNO2. The molecule has 0 aromatic heterocycles. The van der Waals surface area contributed by atoms with E-state index in [1.807, 2.05) is 0 Å². The van der Waals surface area contributed by atoms with E-state index in [2.05, 4.69) is 22.0 Å². The first-order valence-electron chi connectivity index (χ1n) is 5.16. The largest absolute Gasteiger partial charge is 0.455 e. The zero-order valence-corrected chi connectivity index (χ0v) is 10.8. The number of ether oxygens (including phenoxy) is 1. The highest BCUT2D eigenvalue weighted by molar-refractivity contribution is 9.10. The average molecular weight is 302 g/mol. The van der Waals surface area contributed by atoms with E-state index in [1.165, 1.54) is 0 Å². The molecule has 0 unspecified atom stereocenters. The van der Waals surface area contributed by atoms with Crippen molar-refractivity contribution in [2.45, 2.75) is 0 Å². The Labute approximate surface area is 113 Å². The molecule has 18 heavy (non-hydrogen) atoms. The fraction of sp³-hybridized carbons (Fsp3) is 0. The number of benzene rings is 2. The van der Waals surface area contributed by atoms with Crippen LogP contribution < -0.4 is 4.74 Å². The molecule has 0 N–H and O–H groups in total. The van der Waals surface area contributed by atoms with Crippen LogP contribution in [0.25, 0.3) is 0 Å². The fourth-order valence-corrected chi connectivity index (χ4v) is 1.92. The lowest BCUT2D eigenvalue weighted by Crippen LogP contribution is -1.90. The number of para-hydroxylation sites is 1. The number of halogens is 1. The third kappa shape index (κ3) is 2.58. The van der Waals surface area contributed by atoms with E-state index in [-0.39, 0.29) is 0 Å². The van der Waals surface area contributed by atoms with Crippen LogP contribution in [0, 0.1) is 11.3 Å². The molecule has 0 aliphatic heterocycles. The van der Waals surface area contributed by atoms with E-state index in [9.17, 15) is 4.79 Å². The van der Waals surface area contributed by atoms with Gasteiger partial charge >= 0.3 is 0 Å². The van der Waals surface area contributed by atoms with Crippen molar-refractivity contribution in [3.8, 4) is 17.6 Å². The molecule has 3 nitrogen and oxygen atoms in total. The Kier molecular flexibility index (Phi) is 3.75. The number of rotatable bonds is 3. The Morgan fingerprint density at radius 2 is 1.94 bits per heavy atom. The summed E-state index contributed by atoms with van der Waals surface area (Å²) in [5.41, 5.74) is 1.02. The molecule has 0 aliphatic carbocycles.